The molecule has 0 bridgehead atoms. The molecule has 90 valence electrons. The molecule has 1 fully saturated rings. The smallest absolute Gasteiger partial charge is 0.137 e. The molecule has 3 rings (SSSR count). The van der Waals surface area contributed by atoms with Crippen molar-refractivity contribution in [3.05, 3.63) is 35.1 Å². The molecule has 0 radical (unpaired) electrons. The Morgan fingerprint density at radius 3 is 3.00 bits per heavy atom. The van der Waals surface area contributed by atoms with Gasteiger partial charge in [-0.15, -0.1) is 0 Å². The summed E-state index contributed by atoms with van der Waals surface area (Å²) in [6, 6.07) is 6.53. The monoisotopic (exact) mass is 229 g/mol. The van der Waals surface area contributed by atoms with Crippen LogP contribution in [0.25, 0.3) is 11.0 Å². The van der Waals surface area contributed by atoms with Gasteiger partial charge < -0.3 is 9.73 Å². The fraction of sp³-hybridized carbons (Fsp3) is 0.467. The van der Waals surface area contributed by atoms with Crippen molar-refractivity contribution >= 4 is 11.0 Å². The van der Waals surface area contributed by atoms with E-state index in [9.17, 15) is 0 Å². The van der Waals surface area contributed by atoms with E-state index >= 15 is 0 Å². The summed E-state index contributed by atoms with van der Waals surface area (Å²) in [5.74, 6) is 1.82. The molecule has 1 aliphatic rings. The van der Waals surface area contributed by atoms with E-state index in [0.717, 1.165) is 36.8 Å². The molecule has 0 aliphatic carbocycles. The number of fused-ring (bicyclic) bond motifs is 1. The van der Waals surface area contributed by atoms with Crippen molar-refractivity contribution in [3.63, 3.8) is 0 Å². The standard InChI is InChI=1S/C15H19NO/c1-10-11(2)17-15-13(4-3-5-14(10)15)8-12-6-7-16-9-12/h3-5,12,16H,6-9H2,1-2H3. The molecule has 1 atom stereocenters. The number of aryl methyl sites for hydroxylation is 2. The van der Waals surface area contributed by atoms with E-state index in [1.54, 1.807) is 0 Å². The highest BCUT2D eigenvalue weighted by Crippen LogP contribution is 2.29. The Kier molecular flexibility index (Phi) is 2.67. The summed E-state index contributed by atoms with van der Waals surface area (Å²) in [5, 5.41) is 4.71. The lowest BCUT2D eigenvalue weighted by Crippen LogP contribution is -2.10. The van der Waals surface area contributed by atoms with Gasteiger partial charge in [0, 0.05) is 5.39 Å². The number of nitrogens with one attached hydrogen (secondary N) is 1. The lowest BCUT2D eigenvalue weighted by Gasteiger charge is -2.08. The number of para-hydroxylation sites is 1. The quantitative estimate of drug-likeness (QED) is 0.855. The van der Waals surface area contributed by atoms with Gasteiger partial charge in [0.15, 0.2) is 0 Å². The van der Waals surface area contributed by atoms with Crippen molar-refractivity contribution in [1.29, 1.82) is 0 Å². The Morgan fingerprint density at radius 1 is 1.35 bits per heavy atom. The van der Waals surface area contributed by atoms with Crippen LogP contribution in [0.5, 0.6) is 0 Å². The zero-order valence-electron chi connectivity index (χ0n) is 10.5. The van der Waals surface area contributed by atoms with Gasteiger partial charge in [0.05, 0.1) is 0 Å². The molecule has 0 amide bonds. The molecule has 1 unspecified atom stereocenters. The minimum atomic E-state index is 0.770. The van der Waals surface area contributed by atoms with E-state index in [1.165, 1.54) is 22.9 Å². The van der Waals surface area contributed by atoms with Gasteiger partial charge in [0.1, 0.15) is 11.3 Å². The molecule has 17 heavy (non-hydrogen) atoms. The SMILES string of the molecule is Cc1oc2c(CC3CCNC3)cccc2c1C. The van der Waals surface area contributed by atoms with Gasteiger partial charge in [0.2, 0.25) is 0 Å². The second-order valence-corrected chi connectivity index (χ2v) is 5.14. The maximum atomic E-state index is 5.92. The van der Waals surface area contributed by atoms with Crippen LogP contribution in [0.2, 0.25) is 0 Å². The topological polar surface area (TPSA) is 25.2 Å². The van der Waals surface area contributed by atoms with E-state index in [0.29, 0.717) is 0 Å². The first-order chi connectivity index (χ1) is 8.25. The van der Waals surface area contributed by atoms with Gasteiger partial charge >= 0.3 is 0 Å². The van der Waals surface area contributed by atoms with Crippen LogP contribution in [0, 0.1) is 19.8 Å². The van der Waals surface area contributed by atoms with E-state index in [-0.39, 0.29) is 0 Å². The molecule has 2 aromatic rings. The second kappa shape index (κ2) is 4.19. The van der Waals surface area contributed by atoms with Gasteiger partial charge in [-0.25, -0.2) is 0 Å². The zero-order chi connectivity index (χ0) is 11.8. The van der Waals surface area contributed by atoms with Gasteiger partial charge in [0.25, 0.3) is 0 Å². The van der Waals surface area contributed by atoms with E-state index in [1.807, 2.05) is 0 Å². The van der Waals surface area contributed by atoms with Gasteiger partial charge in [-0.1, -0.05) is 18.2 Å². The minimum absolute atomic E-state index is 0.770. The molecular formula is C15H19NO. The van der Waals surface area contributed by atoms with Crippen molar-refractivity contribution in [2.24, 2.45) is 5.92 Å². The van der Waals surface area contributed by atoms with Crippen LogP contribution in [0.15, 0.2) is 22.6 Å². The van der Waals surface area contributed by atoms with Gasteiger partial charge in [-0.05, 0) is 56.8 Å². The van der Waals surface area contributed by atoms with Crippen LogP contribution in [0.4, 0.5) is 0 Å². The Labute approximate surface area is 102 Å². The first-order valence-corrected chi connectivity index (χ1v) is 6.44. The third-order valence-electron chi connectivity index (χ3n) is 3.95. The average Bonchev–Trinajstić information content (AvgIpc) is 2.91. The molecule has 1 aliphatic heterocycles. The van der Waals surface area contributed by atoms with Crippen LogP contribution in [0.3, 0.4) is 0 Å². The van der Waals surface area contributed by atoms with Gasteiger partial charge in [-0.3, -0.25) is 0 Å². The van der Waals surface area contributed by atoms with Crippen LogP contribution in [-0.4, -0.2) is 13.1 Å². The molecule has 1 saturated heterocycles. The molecule has 0 saturated carbocycles. The largest absolute Gasteiger partial charge is 0.461 e. The summed E-state index contributed by atoms with van der Waals surface area (Å²) in [7, 11) is 0. The Hall–Kier alpha value is -1.28. The summed E-state index contributed by atoms with van der Waals surface area (Å²) in [4.78, 5) is 0. The highest BCUT2D eigenvalue weighted by atomic mass is 16.3. The van der Waals surface area contributed by atoms with Crippen molar-refractivity contribution in [3.8, 4) is 0 Å². The molecule has 1 aromatic carbocycles. The lowest BCUT2D eigenvalue weighted by molar-refractivity contribution is 0.550. The van der Waals surface area contributed by atoms with Crippen molar-refractivity contribution in [2.45, 2.75) is 26.7 Å². The third kappa shape index (κ3) is 1.87. The summed E-state index contributed by atoms with van der Waals surface area (Å²) in [6.07, 6.45) is 2.42. The molecule has 1 aromatic heterocycles. The number of furan rings is 1. The van der Waals surface area contributed by atoms with Crippen molar-refractivity contribution in [1.82, 2.24) is 5.32 Å². The normalized spacial score (nSPS) is 20.2. The number of rotatable bonds is 2. The Bertz CT molecular complexity index is 535. The first kappa shape index (κ1) is 10.8. The molecule has 2 heteroatoms. The maximum absolute atomic E-state index is 5.92. The highest BCUT2D eigenvalue weighted by molar-refractivity contribution is 5.84. The predicted molar refractivity (Wildman–Crippen MR) is 70.4 cm³/mol. The molecule has 1 N–H and O–H groups in total. The first-order valence-electron chi connectivity index (χ1n) is 6.44. The zero-order valence-corrected chi connectivity index (χ0v) is 10.5. The van der Waals surface area contributed by atoms with Crippen molar-refractivity contribution < 1.29 is 4.42 Å². The Morgan fingerprint density at radius 2 is 2.24 bits per heavy atom. The predicted octanol–water partition coefficient (Wildman–Crippen LogP) is 3.20. The number of hydrogen-bond acceptors (Lipinski definition) is 2. The minimum Gasteiger partial charge on any atom is -0.461 e. The van der Waals surface area contributed by atoms with Crippen LogP contribution >= 0.6 is 0 Å². The summed E-state index contributed by atoms with van der Waals surface area (Å²) in [5.41, 5.74) is 3.76. The van der Waals surface area contributed by atoms with Crippen LogP contribution in [-0.2, 0) is 6.42 Å². The lowest BCUT2D eigenvalue weighted by atomic mass is 9.97. The van der Waals surface area contributed by atoms with E-state index in [2.05, 4.69) is 37.4 Å². The fourth-order valence-corrected chi connectivity index (χ4v) is 2.78. The summed E-state index contributed by atoms with van der Waals surface area (Å²) >= 11 is 0. The van der Waals surface area contributed by atoms with Crippen LogP contribution < -0.4 is 5.32 Å². The van der Waals surface area contributed by atoms with E-state index < -0.39 is 0 Å². The molecule has 2 heterocycles. The summed E-state index contributed by atoms with van der Waals surface area (Å²) in [6.45, 7) is 6.50. The number of benzene rings is 1. The highest BCUT2D eigenvalue weighted by Gasteiger charge is 2.18. The van der Waals surface area contributed by atoms with Gasteiger partial charge in [-0.2, -0.15) is 0 Å². The van der Waals surface area contributed by atoms with E-state index in [4.69, 9.17) is 4.42 Å². The molecular weight excluding hydrogens is 210 g/mol. The number of hydrogen-bond donors (Lipinski definition) is 1. The fourth-order valence-electron chi connectivity index (χ4n) is 2.78. The summed E-state index contributed by atoms with van der Waals surface area (Å²) < 4.78 is 5.92. The van der Waals surface area contributed by atoms with Crippen molar-refractivity contribution in [2.75, 3.05) is 13.1 Å². The third-order valence-corrected chi connectivity index (χ3v) is 3.95. The average molecular weight is 229 g/mol. The maximum Gasteiger partial charge on any atom is 0.137 e. The van der Waals surface area contributed by atoms with Crippen LogP contribution in [0.1, 0.15) is 23.3 Å². The molecule has 2 nitrogen and oxygen atoms in total. The second-order valence-electron chi connectivity index (χ2n) is 5.14. The molecule has 0 spiro atoms. The Balaban J connectivity index is 2.00.